The molecule has 0 bridgehead atoms. The Hall–Kier alpha value is -0.980. The summed E-state index contributed by atoms with van der Waals surface area (Å²) in [5, 5.41) is 0. The molecule has 0 heterocycles. The first-order chi connectivity index (χ1) is 8.17. The van der Waals surface area contributed by atoms with Crippen LogP contribution in [0, 0.1) is 5.92 Å². The summed E-state index contributed by atoms with van der Waals surface area (Å²) in [5.41, 5.74) is 2.80. The van der Waals surface area contributed by atoms with Gasteiger partial charge in [0.2, 0.25) is 0 Å². The van der Waals surface area contributed by atoms with Gasteiger partial charge in [-0.25, -0.2) is 0 Å². The highest BCUT2D eigenvalue weighted by Crippen LogP contribution is 2.17. The van der Waals surface area contributed by atoms with E-state index in [2.05, 4.69) is 56.9 Å². The van der Waals surface area contributed by atoms with Crippen molar-refractivity contribution in [2.45, 2.75) is 47.0 Å². The minimum atomic E-state index is 1.08. The van der Waals surface area contributed by atoms with Crippen molar-refractivity contribution < 1.29 is 0 Å². The maximum Gasteiger partial charge on any atom is 0.0366 e. The lowest BCUT2D eigenvalue weighted by atomic mass is 10.0. The molecule has 1 nitrogen and oxygen atoms in total. The maximum atomic E-state index is 2.38. The van der Waals surface area contributed by atoms with Crippen LogP contribution in [0.4, 0.5) is 5.69 Å². The molecule has 0 unspecified atom stereocenters. The number of anilines is 1. The fraction of sp³-hybridized carbons (Fsp3) is 0.562. The normalized spacial score (nSPS) is 10.9. The van der Waals surface area contributed by atoms with Crippen LogP contribution in [0.1, 0.15) is 46.1 Å². The Morgan fingerprint density at radius 3 is 2.06 bits per heavy atom. The summed E-state index contributed by atoms with van der Waals surface area (Å²) in [6.07, 6.45) is 3.72. The van der Waals surface area contributed by atoms with Crippen molar-refractivity contribution in [1.29, 1.82) is 0 Å². The van der Waals surface area contributed by atoms with Gasteiger partial charge >= 0.3 is 0 Å². The van der Waals surface area contributed by atoms with Gasteiger partial charge in [0.05, 0.1) is 0 Å². The van der Waals surface area contributed by atoms with E-state index >= 15 is 0 Å². The van der Waals surface area contributed by atoms with Crippen LogP contribution in [-0.2, 0) is 6.42 Å². The van der Waals surface area contributed by atoms with Crippen molar-refractivity contribution in [1.82, 2.24) is 0 Å². The molecule has 0 amide bonds. The SMILES string of the molecule is CCN(CC)c1ccc(CCC[C](C)C)cc1. The van der Waals surface area contributed by atoms with Crippen LogP contribution in [-0.4, -0.2) is 13.1 Å². The van der Waals surface area contributed by atoms with E-state index in [1.165, 1.54) is 36.4 Å². The van der Waals surface area contributed by atoms with Gasteiger partial charge in [0.1, 0.15) is 0 Å². The zero-order valence-electron chi connectivity index (χ0n) is 11.8. The van der Waals surface area contributed by atoms with E-state index in [1.807, 2.05) is 0 Å². The van der Waals surface area contributed by atoms with Crippen LogP contribution in [0.3, 0.4) is 0 Å². The van der Waals surface area contributed by atoms with E-state index in [4.69, 9.17) is 0 Å². The van der Waals surface area contributed by atoms with E-state index in [0.717, 1.165) is 13.1 Å². The first kappa shape index (κ1) is 14.1. The van der Waals surface area contributed by atoms with Gasteiger partial charge in [-0.2, -0.15) is 0 Å². The predicted octanol–water partition coefficient (Wildman–Crippen LogP) is 4.47. The van der Waals surface area contributed by atoms with Gasteiger partial charge in [0, 0.05) is 18.8 Å². The number of benzene rings is 1. The number of rotatable bonds is 7. The Balaban J connectivity index is 2.49. The highest BCUT2D eigenvalue weighted by molar-refractivity contribution is 5.47. The van der Waals surface area contributed by atoms with Crippen molar-refractivity contribution >= 4 is 5.69 Å². The topological polar surface area (TPSA) is 3.24 Å². The Morgan fingerprint density at radius 1 is 1.00 bits per heavy atom. The molecule has 0 aromatic heterocycles. The van der Waals surface area contributed by atoms with Crippen molar-refractivity contribution in [2.75, 3.05) is 18.0 Å². The minimum Gasteiger partial charge on any atom is -0.372 e. The van der Waals surface area contributed by atoms with Crippen LogP contribution < -0.4 is 4.90 Å². The fourth-order valence-electron chi connectivity index (χ4n) is 2.11. The molecule has 0 atom stereocenters. The van der Waals surface area contributed by atoms with Gasteiger partial charge in [-0.1, -0.05) is 26.0 Å². The molecule has 0 spiro atoms. The largest absolute Gasteiger partial charge is 0.372 e. The summed E-state index contributed by atoms with van der Waals surface area (Å²) in [7, 11) is 0. The minimum absolute atomic E-state index is 1.08. The Bertz CT molecular complexity index is 296. The Kier molecular flexibility index (Phi) is 6.10. The quantitative estimate of drug-likeness (QED) is 0.670. The molecule has 0 aliphatic rings. The molecular weight excluding hydrogens is 206 g/mol. The van der Waals surface area contributed by atoms with E-state index in [-0.39, 0.29) is 0 Å². The summed E-state index contributed by atoms with van der Waals surface area (Å²) >= 11 is 0. The molecule has 0 aliphatic carbocycles. The summed E-state index contributed by atoms with van der Waals surface area (Å²) in [6.45, 7) is 11.0. The predicted molar refractivity (Wildman–Crippen MR) is 77.5 cm³/mol. The average Bonchev–Trinajstić information content (AvgIpc) is 2.32. The molecule has 0 saturated heterocycles. The molecule has 1 aromatic rings. The van der Waals surface area contributed by atoms with Crippen molar-refractivity contribution in [3.05, 3.63) is 35.7 Å². The lowest BCUT2D eigenvalue weighted by molar-refractivity contribution is 0.746. The van der Waals surface area contributed by atoms with E-state index < -0.39 is 0 Å². The van der Waals surface area contributed by atoms with Crippen LogP contribution in [0.15, 0.2) is 24.3 Å². The first-order valence-electron chi connectivity index (χ1n) is 6.80. The summed E-state index contributed by atoms with van der Waals surface area (Å²) in [6, 6.07) is 9.06. The van der Waals surface area contributed by atoms with Gasteiger partial charge in [0.25, 0.3) is 0 Å². The summed E-state index contributed by atoms with van der Waals surface area (Å²) < 4.78 is 0. The Labute approximate surface area is 107 Å². The Morgan fingerprint density at radius 2 is 1.59 bits per heavy atom. The lowest BCUT2D eigenvalue weighted by Gasteiger charge is -2.21. The number of nitrogens with zero attached hydrogens (tertiary/aromatic N) is 1. The average molecular weight is 232 g/mol. The molecule has 1 radical (unpaired) electrons. The standard InChI is InChI=1S/C16H26N/c1-5-17(6-2)16-12-10-15(11-13-16)9-7-8-14(3)4/h10-13H,5-9H2,1-4H3. The van der Waals surface area contributed by atoms with E-state index in [1.54, 1.807) is 0 Å². The van der Waals surface area contributed by atoms with Gasteiger partial charge in [-0.05, 0) is 56.7 Å². The zero-order chi connectivity index (χ0) is 12.7. The third kappa shape index (κ3) is 4.80. The van der Waals surface area contributed by atoms with E-state index in [9.17, 15) is 0 Å². The summed E-state index contributed by atoms with van der Waals surface area (Å²) in [4.78, 5) is 2.38. The molecule has 1 aromatic carbocycles. The van der Waals surface area contributed by atoms with Gasteiger partial charge in [-0.3, -0.25) is 0 Å². The van der Waals surface area contributed by atoms with Crippen LogP contribution >= 0.6 is 0 Å². The second kappa shape index (κ2) is 7.37. The third-order valence-electron chi connectivity index (χ3n) is 3.21. The highest BCUT2D eigenvalue weighted by atomic mass is 15.1. The third-order valence-corrected chi connectivity index (χ3v) is 3.21. The molecule has 0 saturated carbocycles. The number of hydrogen-bond acceptors (Lipinski definition) is 1. The molecule has 17 heavy (non-hydrogen) atoms. The molecular formula is C16H26N. The zero-order valence-corrected chi connectivity index (χ0v) is 11.8. The van der Waals surface area contributed by atoms with Crippen molar-refractivity contribution in [2.24, 2.45) is 0 Å². The van der Waals surface area contributed by atoms with Crippen molar-refractivity contribution in [3.63, 3.8) is 0 Å². The maximum absolute atomic E-state index is 2.38. The lowest BCUT2D eigenvalue weighted by Crippen LogP contribution is -2.21. The number of aryl methyl sites for hydroxylation is 1. The molecule has 0 aliphatic heterocycles. The van der Waals surface area contributed by atoms with E-state index in [0.29, 0.717) is 0 Å². The monoisotopic (exact) mass is 232 g/mol. The molecule has 1 heteroatoms. The van der Waals surface area contributed by atoms with Gasteiger partial charge in [0.15, 0.2) is 0 Å². The van der Waals surface area contributed by atoms with Crippen molar-refractivity contribution in [3.8, 4) is 0 Å². The van der Waals surface area contributed by atoms with Crippen LogP contribution in [0.2, 0.25) is 0 Å². The number of hydrogen-bond donors (Lipinski definition) is 0. The summed E-state index contributed by atoms with van der Waals surface area (Å²) in [5.74, 6) is 1.53. The van der Waals surface area contributed by atoms with Crippen LogP contribution in [0.5, 0.6) is 0 Å². The first-order valence-corrected chi connectivity index (χ1v) is 6.80. The molecule has 0 N–H and O–H groups in total. The fourth-order valence-corrected chi connectivity index (χ4v) is 2.11. The molecule has 1 rings (SSSR count). The second-order valence-corrected chi connectivity index (χ2v) is 4.90. The van der Waals surface area contributed by atoms with Gasteiger partial charge in [-0.15, -0.1) is 0 Å². The molecule has 0 fully saturated rings. The second-order valence-electron chi connectivity index (χ2n) is 4.90. The van der Waals surface area contributed by atoms with Gasteiger partial charge < -0.3 is 4.90 Å². The smallest absolute Gasteiger partial charge is 0.0366 e. The highest BCUT2D eigenvalue weighted by Gasteiger charge is 2.01. The molecule has 95 valence electrons. The van der Waals surface area contributed by atoms with Crippen LogP contribution in [0.25, 0.3) is 0 Å².